The molecule has 1 aromatic carbocycles. The van der Waals surface area contributed by atoms with Crippen LogP contribution in [0.5, 0.6) is 0 Å². The molecule has 2 aromatic rings. The van der Waals surface area contributed by atoms with Crippen molar-refractivity contribution < 1.29 is 4.92 Å². The molecule has 0 aliphatic heterocycles. The maximum atomic E-state index is 10.6. The summed E-state index contributed by atoms with van der Waals surface area (Å²) in [5.74, 6) is 0. The third-order valence-corrected chi connectivity index (χ3v) is 3.24. The van der Waals surface area contributed by atoms with E-state index in [-0.39, 0.29) is 10.6 Å². The molecular formula is C12H13N3O2S. The van der Waals surface area contributed by atoms with Gasteiger partial charge < -0.3 is 5.32 Å². The van der Waals surface area contributed by atoms with Gasteiger partial charge >= 0.3 is 0 Å². The number of nitrogens with one attached hydrogen (secondary N) is 1. The highest BCUT2D eigenvalue weighted by molar-refractivity contribution is 7.07. The molecule has 0 aliphatic carbocycles. The summed E-state index contributed by atoms with van der Waals surface area (Å²) in [5.41, 5.74) is 4.80. The summed E-state index contributed by atoms with van der Waals surface area (Å²) in [7, 11) is 0. The predicted octanol–water partition coefficient (Wildman–Crippen LogP) is 3.01. The largest absolute Gasteiger partial charge is 0.384 e. The molecule has 0 aliphatic rings. The lowest BCUT2D eigenvalue weighted by molar-refractivity contribution is -0.384. The van der Waals surface area contributed by atoms with Gasteiger partial charge in [-0.1, -0.05) is 0 Å². The Labute approximate surface area is 109 Å². The Bertz CT molecular complexity index is 540. The van der Waals surface area contributed by atoms with E-state index in [1.165, 1.54) is 6.07 Å². The number of hydrogen-bond acceptors (Lipinski definition) is 5. The van der Waals surface area contributed by atoms with E-state index in [1.54, 1.807) is 23.5 Å². The van der Waals surface area contributed by atoms with Crippen LogP contribution in [0.25, 0.3) is 0 Å². The summed E-state index contributed by atoms with van der Waals surface area (Å²) in [6.07, 6.45) is 0.847. The zero-order valence-electron chi connectivity index (χ0n) is 9.92. The van der Waals surface area contributed by atoms with Gasteiger partial charge in [0.25, 0.3) is 5.69 Å². The van der Waals surface area contributed by atoms with Gasteiger partial charge in [-0.05, 0) is 18.6 Å². The number of anilines is 1. The van der Waals surface area contributed by atoms with E-state index < -0.39 is 0 Å². The summed E-state index contributed by atoms with van der Waals surface area (Å²) in [6.45, 7) is 2.63. The quantitative estimate of drug-likeness (QED) is 0.665. The minimum atomic E-state index is -0.383. The minimum absolute atomic E-state index is 0.123. The van der Waals surface area contributed by atoms with Crippen LogP contribution >= 0.6 is 11.3 Å². The maximum absolute atomic E-state index is 10.6. The monoisotopic (exact) mass is 263 g/mol. The second-order valence-electron chi connectivity index (χ2n) is 3.91. The standard InChI is InChI=1S/C12H13N3O2S/c1-9-6-11(15(16)17)2-3-12(9)13-5-4-10-7-18-8-14-10/h2-3,6-8,13H,4-5H2,1H3. The van der Waals surface area contributed by atoms with E-state index in [0.717, 1.165) is 29.9 Å². The topological polar surface area (TPSA) is 68.1 Å². The van der Waals surface area contributed by atoms with Gasteiger partial charge in [0, 0.05) is 36.2 Å². The van der Waals surface area contributed by atoms with Crippen LogP contribution in [0.2, 0.25) is 0 Å². The maximum Gasteiger partial charge on any atom is 0.269 e. The van der Waals surface area contributed by atoms with Gasteiger partial charge in [0.15, 0.2) is 0 Å². The minimum Gasteiger partial charge on any atom is -0.384 e. The number of nitro groups is 1. The Morgan fingerprint density at radius 3 is 2.94 bits per heavy atom. The Balaban J connectivity index is 1.95. The van der Waals surface area contributed by atoms with Gasteiger partial charge in [-0.2, -0.15) is 0 Å². The van der Waals surface area contributed by atoms with Crippen molar-refractivity contribution >= 4 is 22.7 Å². The van der Waals surface area contributed by atoms with Crippen LogP contribution in [-0.4, -0.2) is 16.5 Å². The molecule has 0 radical (unpaired) electrons. The van der Waals surface area contributed by atoms with E-state index >= 15 is 0 Å². The molecule has 5 nitrogen and oxygen atoms in total. The van der Waals surface area contributed by atoms with Crippen LogP contribution in [0.1, 0.15) is 11.3 Å². The number of nitrogens with zero attached hydrogens (tertiary/aromatic N) is 2. The highest BCUT2D eigenvalue weighted by Crippen LogP contribution is 2.21. The number of thiazole rings is 1. The zero-order valence-corrected chi connectivity index (χ0v) is 10.7. The SMILES string of the molecule is Cc1cc([N+](=O)[O-])ccc1NCCc1cscn1. The van der Waals surface area contributed by atoms with Crippen molar-refractivity contribution in [3.63, 3.8) is 0 Å². The Hall–Kier alpha value is -1.95. The summed E-state index contributed by atoms with van der Waals surface area (Å²) in [6, 6.07) is 4.83. The van der Waals surface area contributed by atoms with Crippen molar-refractivity contribution in [2.75, 3.05) is 11.9 Å². The molecule has 1 N–H and O–H groups in total. The smallest absolute Gasteiger partial charge is 0.269 e. The number of nitro benzene ring substituents is 1. The molecule has 0 atom stereocenters. The number of benzene rings is 1. The summed E-state index contributed by atoms with van der Waals surface area (Å²) >= 11 is 1.58. The second-order valence-corrected chi connectivity index (χ2v) is 4.63. The number of non-ortho nitro benzene ring substituents is 1. The summed E-state index contributed by atoms with van der Waals surface area (Å²) in [5, 5.41) is 15.9. The first kappa shape index (κ1) is 12.5. The lowest BCUT2D eigenvalue weighted by atomic mass is 10.1. The van der Waals surface area contributed by atoms with E-state index in [9.17, 15) is 10.1 Å². The first-order chi connectivity index (χ1) is 8.66. The van der Waals surface area contributed by atoms with Gasteiger partial charge in [-0.25, -0.2) is 4.98 Å². The number of aryl methyl sites for hydroxylation is 1. The van der Waals surface area contributed by atoms with Gasteiger partial charge in [0.2, 0.25) is 0 Å². The van der Waals surface area contributed by atoms with Crippen molar-refractivity contribution in [2.24, 2.45) is 0 Å². The van der Waals surface area contributed by atoms with Crippen LogP contribution in [0.3, 0.4) is 0 Å². The Kier molecular flexibility index (Phi) is 3.88. The van der Waals surface area contributed by atoms with Crippen molar-refractivity contribution in [1.82, 2.24) is 4.98 Å². The fraction of sp³-hybridized carbons (Fsp3) is 0.250. The van der Waals surface area contributed by atoms with Crippen LogP contribution < -0.4 is 5.32 Å². The van der Waals surface area contributed by atoms with E-state index in [1.807, 2.05) is 17.8 Å². The molecule has 1 heterocycles. The van der Waals surface area contributed by atoms with E-state index in [2.05, 4.69) is 10.3 Å². The van der Waals surface area contributed by atoms with Gasteiger partial charge in [0.1, 0.15) is 0 Å². The van der Waals surface area contributed by atoms with Crippen molar-refractivity contribution in [2.45, 2.75) is 13.3 Å². The summed E-state index contributed by atoms with van der Waals surface area (Å²) < 4.78 is 0. The highest BCUT2D eigenvalue weighted by Gasteiger charge is 2.07. The third kappa shape index (κ3) is 3.04. The summed E-state index contributed by atoms with van der Waals surface area (Å²) in [4.78, 5) is 14.4. The van der Waals surface area contributed by atoms with Crippen molar-refractivity contribution in [3.8, 4) is 0 Å². The molecule has 0 unspecified atom stereocenters. The first-order valence-corrected chi connectivity index (χ1v) is 6.47. The second kappa shape index (κ2) is 5.59. The molecule has 2 rings (SSSR count). The van der Waals surface area contributed by atoms with Gasteiger partial charge in [-0.3, -0.25) is 10.1 Å². The normalized spacial score (nSPS) is 10.3. The highest BCUT2D eigenvalue weighted by atomic mass is 32.1. The molecule has 0 saturated heterocycles. The average molecular weight is 263 g/mol. The van der Waals surface area contributed by atoms with Crippen LogP contribution in [0.15, 0.2) is 29.1 Å². The Morgan fingerprint density at radius 2 is 2.33 bits per heavy atom. The molecule has 1 aromatic heterocycles. The third-order valence-electron chi connectivity index (χ3n) is 2.60. The molecule has 0 fully saturated rings. The fourth-order valence-electron chi connectivity index (χ4n) is 1.65. The zero-order chi connectivity index (χ0) is 13.0. The first-order valence-electron chi connectivity index (χ1n) is 5.53. The van der Waals surface area contributed by atoms with Gasteiger partial charge in [-0.15, -0.1) is 11.3 Å². The van der Waals surface area contributed by atoms with Crippen LogP contribution in [0, 0.1) is 17.0 Å². The van der Waals surface area contributed by atoms with Crippen molar-refractivity contribution in [1.29, 1.82) is 0 Å². The van der Waals surface area contributed by atoms with E-state index in [4.69, 9.17) is 0 Å². The molecule has 0 saturated carbocycles. The van der Waals surface area contributed by atoms with Crippen LogP contribution in [-0.2, 0) is 6.42 Å². The molecular weight excluding hydrogens is 250 g/mol. The van der Waals surface area contributed by atoms with Crippen molar-refractivity contribution in [3.05, 3.63) is 50.5 Å². The fourth-order valence-corrected chi connectivity index (χ4v) is 2.24. The number of rotatable bonds is 5. The van der Waals surface area contributed by atoms with Gasteiger partial charge in [0.05, 0.1) is 16.1 Å². The molecule has 18 heavy (non-hydrogen) atoms. The molecule has 94 valence electrons. The van der Waals surface area contributed by atoms with E-state index in [0.29, 0.717) is 0 Å². The molecule has 0 spiro atoms. The lowest BCUT2D eigenvalue weighted by Gasteiger charge is -2.08. The Morgan fingerprint density at radius 1 is 1.50 bits per heavy atom. The average Bonchev–Trinajstić information content (AvgIpc) is 2.84. The lowest BCUT2D eigenvalue weighted by Crippen LogP contribution is -2.06. The molecule has 0 amide bonds. The predicted molar refractivity (Wildman–Crippen MR) is 72.1 cm³/mol. The number of aromatic nitrogens is 1. The number of hydrogen-bond donors (Lipinski definition) is 1. The molecule has 6 heteroatoms. The molecule has 0 bridgehead atoms. The van der Waals surface area contributed by atoms with Crippen LogP contribution in [0.4, 0.5) is 11.4 Å².